The van der Waals surface area contributed by atoms with E-state index < -0.39 is 17.8 Å². The lowest BCUT2D eigenvalue weighted by Crippen LogP contribution is -2.47. The molecule has 1 aromatic rings. The number of carboxylic acids is 1. The van der Waals surface area contributed by atoms with Gasteiger partial charge in [-0.25, -0.2) is 14.0 Å². The molecule has 2 rings (SSSR count). The number of nitrogens with one attached hydrogen (secondary N) is 1. The van der Waals surface area contributed by atoms with Gasteiger partial charge in [0.2, 0.25) is 0 Å². The molecule has 7 heteroatoms. The Labute approximate surface area is 121 Å². The number of halogens is 1. The molecule has 1 aliphatic heterocycles. The molecule has 1 unspecified atom stereocenters. The van der Waals surface area contributed by atoms with Gasteiger partial charge in [-0.2, -0.15) is 0 Å². The number of morpholine rings is 1. The molecule has 1 aliphatic rings. The maximum atomic E-state index is 13.8. The van der Waals surface area contributed by atoms with Crippen molar-refractivity contribution in [1.82, 2.24) is 4.90 Å². The molecular formula is C14H17FN2O4. The average Bonchev–Trinajstić information content (AvgIpc) is 2.49. The van der Waals surface area contributed by atoms with Crippen molar-refractivity contribution < 1.29 is 23.8 Å². The van der Waals surface area contributed by atoms with Gasteiger partial charge in [0.05, 0.1) is 24.0 Å². The Morgan fingerprint density at radius 1 is 1.52 bits per heavy atom. The van der Waals surface area contributed by atoms with E-state index in [1.165, 1.54) is 17.0 Å². The Kier molecular flexibility index (Phi) is 4.74. The summed E-state index contributed by atoms with van der Waals surface area (Å²) in [6, 6.07) is 3.12. The van der Waals surface area contributed by atoms with Gasteiger partial charge in [-0.15, -0.1) is 0 Å². The van der Waals surface area contributed by atoms with E-state index in [2.05, 4.69) is 5.32 Å². The van der Waals surface area contributed by atoms with E-state index in [4.69, 9.17) is 9.84 Å². The molecule has 0 aliphatic carbocycles. The van der Waals surface area contributed by atoms with Crippen molar-refractivity contribution in [3.05, 3.63) is 29.6 Å². The molecule has 2 amide bonds. The molecule has 1 saturated heterocycles. The number of carboxylic acid groups (broad SMARTS) is 1. The van der Waals surface area contributed by atoms with Crippen LogP contribution in [-0.2, 0) is 4.74 Å². The van der Waals surface area contributed by atoms with E-state index in [0.29, 0.717) is 19.7 Å². The number of carbonyl (C=O) groups is 2. The highest BCUT2D eigenvalue weighted by molar-refractivity contribution is 6.00. The summed E-state index contributed by atoms with van der Waals surface area (Å²) in [4.78, 5) is 24.7. The molecule has 0 spiro atoms. The third-order valence-electron chi connectivity index (χ3n) is 3.36. The van der Waals surface area contributed by atoms with E-state index in [-0.39, 0.29) is 17.4 Å². The highest BCUT2D eigenvalue weighted by Gasteiger charge is 2.25. The summed E-state index contributed by atoms with van der Waals surface area (Å²) >= 11 is 0. The van der Waals surface area contributed by atoms with Crippen molar-refractivity contribution in [1.29, 1.82) is 0 Å². The van der Waals surface area contributed by atoms with Gasteiger partial charge in [-0.1, -0.05) is 13.0 Å². The summed E-state index contributed by atoms with van der Waals surface area (Å²) in [6.07, 6.45) is 0.716. The normalized spacial score (nSPS) is 18.4. The maximum Gasteiger partial charge on any atom is 0.337 e. The van der Waals surface area contributed by atoms with Crippen molar-refractivity contribution in [2.24, 2.45) is 0 Å². The zero-order chi connectivity index (χ0) is 15.4. The van der Waals surface area contributed by atoms with Crippen molar-refractivity contribution in [2.75, 3.05) is 25.0 Å². The number of nitrogens with zero attached hydrogens (tertiary/aromatic N) is 1. The molecule has 114 valence electrons. The second-order valence-corrected chi connectivity index (χ2v) is 4.74. The van der Waals surface area contributed by atoms with Crippen LogP contribution in [-0.4, -0.2) is 47.8 Å². The molecule has 0 bridgehead atoms. The van der Waals surface area contributed by atoms with Gasteiger partial charge < -0.3 is 20.1 Å². The van der Waals surface area contributed by atoms with Crippen LogP contribution in [0.4, 0.5) is 14.9 Å². The van der Waals surface area contributed by atoms with Crippen molar-refractivity contribution in [3.63, 3.8) is 0 Å². The maximum absolute atomic E-state index is 13.8. The van der Waals surface area contributed by atoms with Gasteiger partial charge >= 0.3 is 12.0 Å². The first-order valence-electron chi connectivity index (χ1n) is 6.72. The molecule has 0 aromatic heterocycles. The smallest absolute Gasteiger partial charge is 0.337 e. The standard InChI is InChI=1S/C14H17FN2O4/c1-2-9-8-17(6-7-21-9)14(20)16-12-10(13(18)19)4-3-5-11(12)15/h3-5,9H,2,6-8H2,1H3,(H,16,20)(H,18,19). The summed E-state index contributed by atoms with van der Waals surface area (Å²) in [5, 5.41) is 11.4. The van der Waals surface area contributed by atoms with Crippen LogP contribution in [0.5, 0.6) is 0 Å². The summed E-state index contributed by atoms with van der Waals surface area (Å²) < 4.78 is 19.2. The lowest BCUT2D eigenvalue weighted by atomic mass is 10.1. The van der Waals surface area contributed by atoms with Crippen LogP contribution in [0.3, 0.4) is 0 Å². The Morgan fingerprint density at radius 3 is 2.95 bits per heavy atom. The van der Waals surface area contributed by atoms with Crippen LogP contribution in [0.2, 0.25) is 0 Å². The number of amides is 2. The van der Waals surface area contributed by atoms with Crippen LogP contribution in [0, 0.1) is 5.82 Å². The van der Waals surface area contributed by atoms with Gasteiger partial charge in [0.25, 0.3) is 0 Å². The monoisotopic (exact) mass is 296 g/mol. The van der Waals surface area contributed by atoms with Crippen LogP contribution in [0.25, 0.3) is 0 Å². The second-order valence-electron chi connectivity index (χ2n) is 4.74. The van der Waals surface area contributed by atoms with Gasteiger partial charge in [0.15, 0.2) is 0 Å². The van der Waals surface area contributed by atoms with Crippen LogP contribution < -0.4 is 5.32 Å². The topological polar surface area (TPSA) is 78.9 Å². The fourth-order valence-corrected chi connectivity index (χ4v) is 2.17. The van der Waals surface area contributed by atoms with Crippen molar-refractivity contribution in [3.8, 4) is 0 Å². The summed E-state index contributed by atoms with van der Waals surface area (Å²) in [7, 11) is 0. The number of aromatic carboxylic acids is 1. The fourth-order valence-electron chi connectivity index (χ4n) is 2.17. The van der Waals surface area contributed by atoms with Gasteiger partial charge in [-0.3, -0.25) is 0 Å². The lowest BCUT2D eigenvalue weighted by molar-refractivity contribution is -0.0134. The number of urea groups is 1. The molecule has 1 atom stereocenters. The highest BCUT2D eigenvalue weighted by Crippen LogP contribution is 2.21. The molecule has 0 saturated carbocycles. The minimum Gasteiger partial charge on any atom is -0.478 e. The van der Waals surface area contributed by atoms with Crippen LogP contribution >= 0.6 is 0 Å². The number of para-hydroxylation sites is 1. The number of hydrogen-bond acceptors (Lipinski definition) is 3. The van der Waals surface area contributed by atoms with Crippen LogP contribution in [0.15, 0.2) is 18.2 Å². The zero-order valence-corrected chi connectivity index (χ0v) is 11.6. The predicted molar refractivity (Wildman–Crippen MR) is 74.0 cm³/mol. The quantitative estimate of drug-likeness (QED) is 0.896. The molecular weight excluding hydrogens is 279 g/mol. The Morgan fingerprint density at radius 2 is 2.29 bits per heavy atom. The summed E-state index contributed by atoms with van der Waals surface area (Å²) in [5.74, 6) is -2.07. The molecule has 2 N–H and O–H groups in total. The van der Waals surface area contributed by atoms with E-state index >= 15 is 0 Å². The minimum absolute atomic E-state index is 0.0518. The van der Waals surface area contributed by atoms with Gasteiger partial charge in [0, 0.05) is 13.1 Å². The Hall–Kier alpha value is -2.15. The second kappa shape index (κ2) is 6.53. The lowest BCUT2D eigenvalue weighted by Gasteiger charge is -2.32. The van der Waals surface area contributed by atoms with E-state index in [1.54, 1.807) is 0 Å². The molecule has 6 nitrogen and oxygen atoms in total. The number of carbonyl (C=O) groups excluding carboxylic acids is 1. The first-order chi connectivity index (χ1) is 10.0. The minimum atomic E-state index is -1.29. The third-order valence-corrected chi connectivity index (χ3v) is 3.36. The molecule has 1 heterocycles. The van der Waals surface area contributed by atoms with Gasteiger partial charge in [0.1, 0.15) is 5.82 Å². The Bertz CT molecular complexity index is 550. The zero-order valence-electron chi connectivity index (χ0n) is 11.6. The highest BCUT2D eigenvalue weighted by atomic mass is 19.1. The number of ether oxygens (including phenoxy) is 1. The van der Waals surface area contributed by atoms with Gasteiger partial charge in [-0.05, 0) is 18.6 Å². The van der Waals surface area contributed by atoms with Crippen molar-refractivity contribution >= 4 is 17.7 Å². The average molecular weight is 296 g/mol. The predicted octanol–water partition coefficient (Wildman–Crippen LogP) is 2.17. The molecule has 1 aromatic carbocycles. The third kappa shape index (κ3) is 3.49. The van der Waals surface area contributed by atoms with Crippen molar-refractivity contribution in [2.45, 2.75) is 19.4 Å². The van der Waals surface area contributed by atoms with E-state index in [1.807, 2.05) is 6.92 Å². The molecule has 1 fully saturated rings. The first kappa shape index (κ1) is 15.2. The number of hydrogen-bond donors (Lipinski definition) is 2. The van der Waals surface area contributed by atoms with Crippen LogP contribution in [0.1, 0.15) is 23.7 Å². The fraction of sp³-hybridized carbons (Fsp3) is 0.429. The largest absolute Gasteiger partial charge is 0.478 e. The molecule has 21 heavy (non-hydrogen) atoms. The summed E-state index contributed by atoms with van der Waals surface area (Å²) in [6.45, 7) is 3.15. The molecule has 0 radical (unpaired) electrons. The number of rotatable bonds is 3. The van der Waals surface area contributed by atoms with E-state index in [9.17, 15) is 14.0 Å². The van der Waals surface area contributed by atoms with E-state index in [0.717, 1.165) is 12.5 Å². The SMILES string of the molecule is CCC1CN(C(=O)Nc2c(F)cccc2C(=O)O)CCO1. The first-order valence-corrected chi connectivity index (χ1v) is 6.72. The Balaban J connectivity index is 2.14. The number of benzene rings is 1. The number of anilines is 1. The summed E-state index contributed by atoms with van der Waals surface area (Å²) in [5.41, 5.74) is -0.585.